The largest absolute Gasteiger partial charge is 0.305 e. The molecule has 1 radical (unpaired) electrons. The summed E-state index contributed by atoms with van der Waals surface area (Å²) in [5, 5.41) is 0. The average Bonchev–Trinajstić information content (AvgIpc) is 3.13. The molecule has 5 aromatic carbocycles. The van der Waals surface area contributed by atoms with E-state index in [2.05, 4.69) is 46.4 Å². The van der Waals surface area contributed by atoms with Crippen molar-refractivity contribution in [2.75, 3.05) is 0 Å². The second-order valence-electron chi connectivity index (χ2n) is 9.82. The van der Waals surface area contributed by atoms with Crippen molar-refractivity contribution in [3.8, 4) is 44.8 Å². The third-order valence-corrected chi connectivity index (χ3v) is 6.88. The summed E-state index contributed by atoms with van der Waals surface area (Å²) in [6, 6.07) is 57.4. The Morgan fingerprint density at radius 2 is 1.18 bits per heavy atom. The van der Waals surface area contributed by atoms with Crippen LogP contribution < -0.4 is 0 Å². The van der Waals surface area contributed by atoms with Crippen molar-refractivity contribution >= 4 is 0 Å². The molecule has 215 valence electrons. The standard InChI is InChI=1S/C24H18N.C17H12N.Ir/c1-4-10-19(11-5-1)16-22-17-24(21-14-8-3-9-15-21)25-18-23(22)20-12-6-2-7-13-20;1-2-7-14(8-3-1)15-9-6-10-16(13-15)17-11-4-5-12-18-17;/h1-14,17-18H,16H2;1-9,11-13H;/q2*-1;/i16D2;;. The van der Waals surface area contributed by atoms with Crippen LogP contribution in [0.2, 0.25) is 0 Å². The summed E-state index contributed by atoms with van der Waals surface area (Å²) >= 11 is 0. The zero-order chi connectivity index (χ0) is 30.9. The van der Waals surface area contributed by atoms with Crippen molar-refractivity contribution in [3.63, 3.8) is 0 Å². The molecule has 7 aromatic rings. The van der Waals surface area contributed by atoms with Gasteiger partial charge in [0.15, 0.2) is 0 Å². The molecule has 0 unspecified atom stereocenters. The number of hydrogen-bond donors (Lipinski definition) is 0. The second kappa shape index (κ2) is 15.5. The monoisotopic (exact) mass is 745 g/mol. The Morgan fingerprint density at radius 1 is 0.523 bits per heavy atom. The van der Waals surface area contributed by atoms with Crippen molar-refractivity contribution in [3.05, 3.63) is 193 Å². The van der Waals surface area contributed by atoms with Crippen LogP contribution in [0, 0.1) is 12.1 Å². The van der Waals surface area contributed by atoms with E-state index in [4.69, 9.17) is 2.74 Å². The second-order valence-corrected chi connectivity index (χ2v) is 9.82. The van der Waals surface area contributed by atoms with Crippen LogP contribution in [-0.2, 0) is 26.5 Å². The number of rotatable bonds is 6. The molecule has 0 aliphatic carbocycles. The van der Waals surface area contributed by atoms with Crippen LogP contribution >= 0.6 is 0 Å². The zero-order valence-electron chi connectivity index (χ0n) is 25.9. The first-order valence-corrected chi connectivity index (χ1v) is 14.2. The summed E-state index contributed by atoms with van der Waals surface area (Å²) in [5.74, 6) is 0. The van der Waals surface area contributed by atoms with Gasteiger partial charge in [-0.15, -0.1) is 71.3 Å². The van der Waals surface area contributed by atoms with Gasteiger partial charge in [0, 0.05) is 40.8 Å². The number of aromatic nitrogens is 2. The number of benzene rings is 5. The van der Waals surface area contributed by atoms with Gasteiger partial charge in [-0.1, -0.05) is 109 Å². The van der Waals surface area contributed by atoms with E-state index in [0.717, 1.165) is 27.9 Å². The van der Waals surface area contributed by atoms with Crippen LogP contribution in [-0.4, -0.2) is 9.97 Å². The number of nitrogens with zero attached hydrogens (tertiary/aromatic N) is 2. The smallest absolute Gasteiger partial charge is 0.0366 e. The molecule has 0 aliphatic rings. The number of pyridine rings is 2. The maximum absolute atomic E-state index is 8.89. The quantitative estimate of drug-likeness (QED) is 0.159. The minimum atomic E-state index is -1.65. The molecule has 2 heterocycles. The first kappa shape index (κ1) is 27.9. The summed E-state index contributed by atoms with van der Waals surface area (Å²) in [5.41, 5.74) is 8.91. The fourth-order valence-electron chi connectivity index (χ4n) is 4.73. The number of hydrogen-bond acceptors (Lipinski definition) is 2. The molecule has 44 heavy (non-hydrogen) atoms. The van der Waals surface area contributed by atoms with Gasteiger partial charge in [-0.25, -0.2) is 0 Å². The molecule has 7 rings (SSSR count). The molecule has 0 fully saturated rings. The predicted molar refractivity (Wildman–Crippen MR) is 177 cm³/mol. The summed E-state index contributed by atoms with van der Waals surface area (Å²) in [6.45, 7) is 0. The first-order valence-electron chi connectivity index (χ1n) is 15.2. The molecule has 0 aliphatic heterocycles. The molecule has 0 amide bonds. The zero-order valence-corrected chi connectivity index (χ0v) is 26.3. The topological polar surface area (TPSA) is 25.8 Å². The fraction of sp³-hybridized carbons (Fsp3) is 0.0244. The van der Waals surface area contributed by atoms with E-state index in [0.29, 0.717) is 16.8 Å². The maximum Gasteiger partial charge on any atom is 0.0366 e. The van der Waals surface area contributed by atoms with Gasteiger partial charge in [-0.3, -0.25) is 0 Å². The molecule has 2 aromatic heterocycles. The Morgan fingerprint density at radius 3 is 1.86 bits per heavy atom. The Bertz CT molecular complexity index is 1900. The predicted octanol–water partition coefficient (Wildman–Crippen LogP) is 10.0. The van der Waals surface area contributed by atoms with Gasteiger partial charge in [0.2, 0.25) is 0 Å². The van der Waals surface area contributed by atoms with Gasteiger partial charge in [-0.2, -0.15) is 0 Å². The molecule has 0 spiro atoms. The van der Waals surface area contributed by atoms with Crippen LogP contribution in [0.1, 0.15) is 13.9 Å². The van der Waals surface area contributed by atoms with Crippen molar-refractivity contribution in [1.29, 1.82) is 0 Å². The summed E-state index contributed by atoms with van der Waals surface area (Å²) in [6.07, 6.45) is 1.92. The van der Waals surface area contributed by atoms with Crippen molar-refractivity contribution in [2.24, 2.45) is 0 Å². The van der Waals surface area contributed by atoms with E-state index in [1.807, 2.05) is 133 Å². The molecular weight excluding hydrogens is 713 g/mol. The molecule has 3 heteroatoms. The van der Waals surface area contributed by atoms with Crippen LogP contribution in [0.5, 0.6) is 0 Å². The third-order valence-electron chi connectivity index (χ3n) is 6.88. The molecule has 0 N–H and O–H groups in total. The van der Waals surface area contributed by atoms with Gasteiger partial charge in [0.25, 0.3) is 0 Å². The van der Waals surface area contributed by atoms with E-state index in [-0.39, 0.29) is 20.1 Å². The van der Waals surface area contributed by atoms with E-state index < -0.39 is 6.37 Å². The Labute approximate surface area is 276 Å². The normalized spacial score (nSPS) is 11.2. The van der Waals surface area contributed by atoms with E-state index in [1.54, 1.807) is 12.4 Å². The summed E-state index contributed by atoms with van der Waals surface area (Å²) < 4.78 is 17.8. The van der Waals surface area contributed by atoms with Crippen LogP contribution in [0.4, 0.5) is 0 Å². The SMILES string of the molecule is [2H]C([2H])(c1ccccc1)c1cc(-c2[c-]cccc2)ncc1-c1ccccc1.[Ir].[c-]1ccc(-c2ccccc2)cc1-c1ccccn1. The molecule has 0 saturated heterocycles. The van der Waals surface area contributed by atoms with Crippen molar-refractivity contribution < 1.29 is 22.8 Å². The van der Waals surface area contributed by atoms with Gasteiger partial charge < -0.3 is 9.97 Å². The van der Waals surface area contributed by atoms with Crippen LogP contribution in [0.15, 0.2) is 170 Å². The Hall–Kier alpha value is -4.95. The van der Waals surface area contributed by atoms with Crippen LogP contribution in [0.25, 0.3) is 44.8 Å². The van der Waals surface area contributed by atoms with Gasteiger partial charge in [0.05, 0.1) is 0 Å². The molecular formula is C41H30IrN2-2. The summed E-state index contributed by atoms with van der Waals surface area (Å²) in [4.78, 5) is 8.95. The fourth-order valence-corrected chi connectivity index (χ4v) is 4.73. The van der Waals surface area contributed by atoms with Gasteiger partial charge >= 0.3 is 0 Å². The average molecular weight is 745 g/mol. The van der Waals surface area contributed by atoms with Gasteiger partial charge in [-0.05, 0) is 46.1 Å². The first-order chi connectivity index (χ1) is 22.1. The molecule has 0 bridgehead atoms. The van der Waals surface area contributed by atoms with Crippen molar-refractivity contribution in [1.82, 2.24) is 9.97 Å². The maximum atomic E-state index is 8.89. The third kappa shape index (κ3) is 7.90. The Balaban J connectivity index is 0.000000191. The van der Waals surface area contributed by atoms with E-state index in [1.165, 1.54) is 11.1 Å². The van der Waals surface area contributed by atoms with Gasteiger partial charge in [0.1, 0.15) is 0 Å². The van der Waals surface area contributed by atoms with Crippen LogP contribution in [0.3, 0.4) is 0 Å². The van der Waals surface area contributed by atoms with E-state index in [9.17, 15) is 0 Å². The Kier molecular flexibility index (Phi) is 9.81. The minimum Gasteiger partial charge on any atom is -0.305 e. The summed E-state index contributed by atoms with van der Waals surface area (Å²) in [7, 11) is 0. The minimum absolute atomic E-state index is 0. The van der Waals surface area contributed by atoms with Crippen molar-refractivity contribution in [2.45, 2.75) is 6.37 Å². The van der Waals surface area contributed by atoms with E-state index >= 15 is 0 Å². The molecule has 2 nitrogen and oxygen atoms in total. The molecule has 0 saturated carbocycles. The molecule has 0 atom stereocenters.